The van der Waals surface area contributed by atoms with Crippen molar-refractivity contribution in [3.05, 3.63) is 24.6 Å². The second-order valence-electron chi connectivity index (χ2n) is 1.73. The summed E-state index contributed by atoms with van der Waals surface area (Å²) in [7, 11) is 0. The predicted octanol–water partition coefficient (Wildman–Crippen LogP) is 0.162. The standard InChI is InChI=1S/C6H10N3/c1-2-3-5-9-6-4-7-8-9/h2-3,6-8H,5H2,1H3/q+1. The fourth-order valence-corrected chi connectivity index (χ4v) is 0.564. The third kappa shape index (κ3) is 1.72. The Morgan fingerprint density at radius 2 is 2.67 bits per heavy atom. The van der Waals surface area contributed by atoms with Gasteiger partial charge >= 0.3 is 6.20 Å². The van der Waals surface area contributed by atoms with Gasteiger partial charge in [-0.3, -0.25) is 0 Å². The number of hydrogen-bond acceptors (Lipinski definition) is 3. The number of allylic oxidation sites excluding steroid dienone is 1. The molecule has 2 N–H and O–H groups in total. The molecule has 0 spiro atoms. The number of rotatable bonds is 2. The summed E-state index contributed by atoms with van der Waals surface area (Å²) in [6.45, 7) is 2.87. The zero-order chi connectivity index (χ0) is 6.53. The number of nitrogens with zero attached hydrogens (tertiary/aromatic N) is 1. The van der Waals surface area contributed by atoms with E-state index in [1.54, 1.807) is 0 Å². The Balaban J connectivity index is 2.20. The molecule has 0 bridgehead atoms. The summed E-state index contributed by atoms with van der Waals surface area (Å²) < 4.78 is 0. The van der Waals surface area contributed by atoms with Gasteiger partial charge in [-0.05, 0) is 6.92 Å². The van der Waals surface area contributed by atoms with Gasteiger partial charge in [0.15, 0.2) is 0 Å². The van der Waals surface area contributed by atoms with Crippen LogP contribution in [0.4, 0.5) is 0 Å². The molecule has 1 rings (SSSR count). The van der Waals surface area contributed by atoms with Crippen LogP contribution in [-0.2, 0) is 0 Å². The highest BCUT2D eigenvalue weighted by atomic mass is 15.7. The van der Waals surface area contributed by atoms with Crippen LogP contribution in [0.1, 0.15) is 6.92 Å². The SMILES string of the molecule is CC=CCN1C=[C+]NN1. The fraction of sp³-hybridized carbons (Fsp3) is 0.333. The summed E-state index contributed by atoms with van der Waals surface area (Å²) in [5.41, 5.74) is 5.57. The van der Waals surface area contributed by atoms with Crippen LogP contribution < -0.4 is 11.0 Å². The topological polar surface area (TPSA) is 27.3 Å². The second-order valence-corrected chi connectivity index (χ2v) is 1.73. The molecule has 0 saturated heterocycles. The Morgan fingerprint density at radius 3 is 3.22 bits per heavy atom. The van der Waals surface area contributed by atoms with Crippen molar-refractivity contribution in [2.75, 3.05) is 6.54 Å². The Labute approximate surface area is 55.0 Å². The third-order valence-electron chi connectivity index (χ3n) is 1.03. The van der Waals surface area contributed by atoms with E-state index in [1.807, 2.05) is 24.2 Å². The van der Waals surface area contributed by atoms with E-state index in [9.17, 15) is 0 Å². The van der Waals surface area contributed by atoms with Gasteiger partial charge in [-0.2, -0.15) is 0 Å². The highest BCUT2D eigenvalue weighted by Gasteiger charge is 2.09. The zero-order valence-electron chi connectivity index (χ0n) is 5.39. The quantitative estimate of drug-likeness (QED) is 0.405. The van der Waals surface area contributed by atoms with Gasteiger partial charge in [-0.15, -0.1) is 5.53 Å². The lowest BCUT2D eigenvalue weighted by Crippen LogP contribution is -2.35. The lowest BCUT2D eigenvalue weighted by Gasteiger charge is -2.04. The first kappa shape index (κ1) is 6.08. The molecule has 0 fully saturated rings. The van der Waals surface area contributed by atoms with E-state index >= 15 is 0 Å². The van der Waals surface area contributed by atoms with Gasteiger partial charge in [0, 0.05) is 0 Å². The first-order chi connectivity index (χ1) is 4.43. The molecule has 0 radical (unpaired) electrons. The van der Waals surface area contributed by atoms with Gasteiger partial charge < -0.3 is 0 Å². The molecular formula is C6H10N3+. The lowest BCUT2D eigenvalue weighted by atomic mass is 10.5. The van der Waals surface area contributed by atoms with Crippen molar-refractivity contribution in [1.82, 2.24) is 16.0 Å². The molecule has 0 aromatic carbocycles. The maximum Gasteiger partial charge on any atom is 0.406 e. The van der Waals surface area contributed by atoms with Crippen molar-refractivity contribution in [3.8, 4) is 0 Å². The first-order valence-corrected chi connectivity index (χ1v) is 2.91. The Hall–Kier alpha value is -1.05. The van der Waals surface area contributed by atoms with E-state index in [0.717, 1.165) is 6.54 Å². The summed E-state index contributed by atoms with van der Waals surface area (Å²) in [5.74, 6) is 0. The molecule has 1 heterocycles. The minimum absolute atomic E-state index is 0.872. The van der Waals surface area contributed by atoms with Crippen LogP contribution >= 0.6 is 0 Å². The van der Waals surface area contributed by atoms with Crippen LogP contribution in [0.25, 0.3) is 0 Å². The van der Waals surface area contributed by atoms with Gasteiger partial charge in [-0.25, -0.2) is 5.01 Å². The summed E-state index contributed by atoms with van der Waals surface area (Å²) in [5, 5.41) is 1.89. The smallest absolute Gasteiger partial charge is 0.243 e. The van der Waals surface area contributed by atoms with Crippen LogP contribution in [0.5, 0.6) is 0 Å². The first-order valence-electron chi connectivity index (χ1n) is 2.91. The van der Waals surface area contributed by atoms with Gasteiger partial charge in [-0.1, -0.05) is 17.6 Å². The van der Waals surface area contributed by atoms with E-state index in [2.05, 4.69) is 23.2 Å². The van der Waals surface area contributed by atoms with Gasteiger partial charge in [0.1, 0.15) is 0 Å². The molecule has 0 unspecified atom stereocenters. The minimum Gasteiger partial charge on any atom is -0.243 e. The molecular weight excluding hydrogens is 114 g/mol. The number of nitrogens with one attached hydrogen (secondary N) is 2. The van der Waals surface area contributed by atoms with Gasteiger partial charge in [0.2, 0.25) is 0 Å². The molecule has 0 atom stereocenters. The Morgan fingerprint density at radius 1 is 1.78 bits per heavy atom. The molecule has 0 aromatic rings. The molecule has 0 saturated carbocycles. The number of hydrogen-bond donors (Lipinski definition) is 2. The van der Waals surface area contributed by atoms with Crippen LogP contribution in [0, 0.1) is 6.20 Å². The van der Waals surface area contributed by atoms with Crippen LogP contribution in [0.2, 0.25) is 0 Å². The predicted molar refractivity (Wildman–Crippen MR) is 35.6 cm³/mol. The highest BCUT2D eigenvalue weighted by molar-refractivity contribution is 4.85. The summed E-state index contributed by atoms with van der Waals surface area (Å²) >= 11 is 0. The average molecular weight is 124 g/mol. The Kier molecular flexibility index (Phi) is 2.07. The average Bonchev–Trinajstić information content (AvgIpc) is 2.34. The van der Waals surface area contributed by atoms with E-state index in [4.69, 9.17) is 0 Å². The monoisotopic (exact) mass is 124 g/mol. The normalized spacial score (nSPS) is 16.3. The highest BCUT2D eigenvalue weighted by Crippen LogP contribution is 1.86. The Bertz CT molecular complexity index is 128. The summed E-state index contributed by atoms with van der Waals surface area (Å²) in [6.07, 6.45) is 8.67. The van der Waals surface area contributed by atoms with Crippen LogP contribution in [0.15, 0.2) is 18.4 Å². The second kappa shape index (κ2) is 3.07. The van der Waals surface area contributed by atoms with Gasteiger partial charge in [0.05, 0.1) is 6.54 Å². The molecule has 0 aromatic heterocycles. The van der Waals surface area contributed by atoms with E-state index in [1.165, 1.54) is 0 Å². The van der Waals surface area contributed by atoms with Crippen molar-refractivity contribution in [3.63, 3.8) is 0 Å². The fourth-order valence-electron chi connectivity index (χ4n) is 0.564. The van der Waals surface area contributed by atoms with E-state index in [-0.39, 0.29) is 0 Å². The zero-order valence-corrected chi connectivity index (χ0v) is 5.39. The number of hydrazine groups is 2. The molecule has 1 aliphatic heterocycles. The third-order valence-corrected chi connectivity index (χ3v) is 1.03. The van der Waals surface area contributed by atoms with Crippen molar-refractivity contribution in [2.24, 2.45) is 0 Å². The van der Waals surface area contributed by atoms with Crippen molar-refractivity contribution >= 4 is 0 Å². The molecule has 3 heteroatoms. The van der Waals surface area contributed by atoms with Crippen LogP contribution in [-0.4, -0.2) is 11.6 Å². The van der Waals surface area contributed by atoms with E-state index in [0.29, 0.717) is 0 Å². The largest absolute Gasteiger partial charge is 0.406 e. The maximum atomic E-state index is 2.86. The molecule has 0 amide bonds. The molecule has 3 nitrogen and oxygen atoms in total. The van der Waals surface area contributed by atoms with Crippen LogP contribution in [0.3, 0.4) is 0 Å². The summed E-state index contributed by atoms with van der Waals surface area (Å²) in [4.78, 5) is 0. The van der Waals surface area contributed by atoms with Crippen molar-refractivity contribution in [2.45, 2.75) is 6.92 Å². The van der Waals surface area contributed by atoms with Crippen molar-refractivity contribution in [1.29, 1.82) is 0 Å². The molecule has 1 aliphatic rings. The maximum absolute atomic E-state index is 2.86. The minimum atomic E-state index is 0.872. The van der Waals surface area contributed by atoms with E-state index < -0.39 is 0 Å². The van der Waals surface area contributed by atoms with Crippen molar-refractivity contribution < 1.29 is 0 Å². The molecule has 48 valence electrons. The molecule has 0 aliphatic carbocycles. The molecule has 9 heavy (non-hydrogen) atoms. The lowest BCUT2D eigenvalue weighted by molar-refractivity contribution is 0.298. The summed E-state index contributed by atoms with van der Waals surface area (Å²) in [6, 6.07) is 0. The van der Waals surface area contributed by atoms with Gasteiger partial charge in [0.25, 0.3) is 6.20 Å².